The summed E-state index contributed by atoms with van der Waals surface area (Å²) in [7, 11) is 1.64. The molecule has 0 aliphatic carbocycles. The van der Waals surface area contributed by atoms with Gasteiger partial charge in [-0.05, 0) is 19.4 Å². The van der Waals surface area contributed by atoms with Crippen LogP contribution in [0.1, 0.15) is 54.0 Å². The van der Waals surface area contributed by atoms with E-state index in [4.69, 9.17) is 5.11 Å². The quantitative estimate of drug-likeness (QED) is 0.742. The van der Waals surface area contributed by atoms with Crippen LogP contribution in [0.15, 0.2) is 12.3 Å². The lowest BCUT2D eigenvalue weighted by Crippen LogP contribution is -2.41. The number of unbranched alkanes of at least 4 members (excludes halogenated alkanes) is 1. The molecule has 0 bridgehead atoms. The molecule has 0 spiro atoms. The second kappa shape index (κ2) is 6.88. The summed E-state index contributed by atoms with van der Waals surface area (Å²) >= 11 is 0. The SMILES string of the molecule is CCCC[C@H](NC(=O)c1cc(C(C)=O)cn1C)C(=O)O. The monoisotopic (exact) mass is 280 g/mol. The minimum absolute atomic E-state index is 0.139. The Bertz CT molecular complexity index is 519. The standard InChI is InChI=1S/C14H20N2O4/c1-4-5-6-11(14(19)20)15-13(18)12-7-10(9(2)17)8-16(12)3/h7-8,11H,4-6H2,1-3H3,(H,15,18)(H,19,20)/t11-/m0/s1. The zero-order valence-corrected chi connectivity index (χ0v) is 12.0. The highest BCUT2D eigenvalue weighted by Gasteiger charge is 2.22. The third kappa shape index (κ3) is 3.94. The van der Waals surface area contributed by atoms with Crippen LogP contribution in [-0.4, -0.2) is 33.4 Å². The minimum Gasteiger partial charge on any atom is -0.480 e. The van der Waals surface area contributed by atoms with Crippen LogP contribution in [0.4, 0.5) is 0 Å². The van der Waals surface area contributed by atoms with Crippen molar-refractivity contribution in [1.29, 1.82) is 0 Å². The first-order valence-corrected chi connectivity index (χ1v) is 6.57. The largest absolute Gasteiger partial charge is 0.480 e. The maximum absolute atomic E-state index is 12.1. The van der Waals surface area contributed by atoms with Crippen LogP contribution in [0, 0.1) is 0 Å². The molecule has 0 saturated carbocycles. The van der Waals surface area contributed by atoms with Crippen LogP contribution in [0.25, 0.3) is 0 Å². The van der Waals surface area contributed by atoms with Crippen molar-refractivity contribution in [3.05, 3.63) is 23.5 Å². The normalized spacial score (nSPS) is 11.9. The number of carboxylic acid groups (broad SMARTS) is 1. The van der Waals surface area contributed by atoms with E-state index in [1.54, 1.807) is 13.2 Å². The lowest BCUT2D eigenvalue weighted by molar-refractivity contribution is -0.139. The second-order valence-electron chi connectivity index (χ2n) is 4.79. The summed E-state index contributed by atoms with van der Waals surface area (Å²) in [5.74, 6) is -1.67. The fourth-order valence-corrected chi connectivity index (χ4v) is 1.88. The average Bonchev–Trinajstić information content (AvgIpc) is 2.76. The molecule has 20 heavy (non-hydrogen) atoms. The van der Waals surface area contributed by atoms with Crippen LogP contribution in [0.5, 0.6) is 0 Å². The number of rotatable bonds is 7. The van der Waals surface area contributed by atoms with Gasteiger partial charge in [-0.1, -0.05) is 19.8 Å². The number of Topliss-reactive ketones (excluding diaryl/α,β-unsaturated/α-hetero) is 1. The number of carbonyl (C=O) groups is 3. The first kappa shape index (κ1) is 15.9. The molecule has 1 heterocycles. The molecule has 6 heteroatoms. The lowest BCUT2D eigenvalue weighted by Gasteiger charge is -2.14. The summed E-state index contributed by atoms with van der Waals surface area (Å²) < 4.78 is 1.52. The number of nitrogens with zero attached hydrogens (tertiary/aromatic N) is 1. The fourth-order valence-electron chi connectivity index (χ4n) is 1.88. The summed E-state index contributed by atoms with van der Waals surface area (Å²) in [6.45, 7) is 3.37. The summed E-state index contributed by atoms with van der Waals surface area (Å²) in [4.78, 5) is 34.4. The Labute approximate surface area is 117 Å². The molecule has 0 aliphatic heterocycles. The molecular formula is C14H20N2O4. The van der Waals surface area contributed by atoms with Crippen molar-refractivity contribution < 1.29 is 19.5 Å². The Morgan fingerprint density at radius 2 is 2.05 bits per heavy atom. The molecule has 1 amide bonds. The lowest BCUT2D eigenvalue weighted by atomic mass is 10.1. The predicted octanol–water partition coefficient (Wildman–Crippen LogP) is 1.60. The van der Waals surface area contributed by atoms with Gasteiger partial charge in [-0.15, -0.1) is 0 Å². The Kier molecular flexibility index (Phi) is 5.49. The van der Waals surface area contributed by atoms with Crippen LogP contribution in [0.3, 0.4) is 0 Å². The molecule has 0 fully saturated rings. The number of nitrogens with one attached hydrogen (secondary N) is 1. The van der Waals surface area contributed by atoms with E-state index < -0.39 is 17.9 Å². The van der Waals surface area contributed by atoms with Crippen molar-refractivity contribution in [3.63, 3.8) is 0 Å². The molecule has 6 nitrogen and oxygen atoms in total. The number of aryl methyl sites for hydroxylation is 1. The van der Waals surface area contributed by atoms with Crippen molar-refractivity contribution >= 4 is 17.7 Å². The molecule has 0 aliphatic rings. The van der Waals surface area contributed by atoms with Gasteiger partial charge in [0.05, 0.1) is 0 Å². The van der Waals surface area contributed by atoms with Crippen LogP contribution >= 0.6 is 0 Å². The van der Waals surface area contributed by atoms with E-state index in [1.807, 2.05) is 6.92 Å². The maximum atomic E-state index is 12.1. The molecule has 1 rings (SSSR count). The van der Waals surface area contributed by atoms with Gasteiger partial charge in [0, 0.05) is 18.8 Å². The van der Waals surface area contributed by atoms with Crippen molar-refractivity contribution in [2.75, 3.05) is 0 Å². The van der Waals surface area contributed by atoms with Gasteiger partial charge in [0.2, 0.25) is 0 Å². The fraction of sp³-hybridized carbons (Fsp3) is 0.500. The summed E-state index contributed by atoms with van der Waals surface area (Å²) in [5.41, 5.74) is 0.705. The number of carbonyl (C=O) groups excluding carboxylic acids is 2. The van der Waals surface area contributed by atoms with E-state index in [0.717, 1.165) is 12.8 Å². The second-order valence-corrected chi connectivity index (χ2v) is 4.79. The van der Waals surface area contributed by atoms with Crippen LogP contribution in [-0.2, 0) is 11.8 Å². The van der Waals surface area contributed by atoms with E-state index in [9.17, 15) is 14.4 Å². The van der Waals surface area contributed by atoms with Crippen LogP contribution in [0.2, 0.25) is 0 Å². The highest BCUT2D eigenvalue weighted by atomic mass is 16.4. The Balaban J connectivity index is 2.83. The molecule has 2 N–H and O–H groups in total. The Morgan fingerprint density at radius 3 is 2.50 bits per heavy atom. The van der Waals surface area contributed by atoms with E-state index in [1.165, 1.54) is 17.6 Å². The third-order valence-electron chi connectivity index (χ3n) is 3.09. The molecule has 0 aromatic carbocycles. The number of ketones is 1. The third-order valence-corrected chi connectivity index (χ3v) is 3.09. The van der Waals surface area contributed by atoms with Crippen LogP contribution < -0.4 is 5.32 Å². The van der Waals surface area contributed by atoms with Gasteiger partial charge in [0.15, 0.2) is 5.78 Å². The predicted molar refractivity (Wildman–Crippen MR) is 73.8 cm³/mol. The van der Waals surface area contributed by atoms with E-state index in [-0.39, 0.29) is 11.5 Å². The number of aromatic nitrogens is 1. The van der Waals surface area contributed by atoms with Gasteiger partial charge >= 0.3 is 5.97 Å². The zero-order valence-electron chi connectivity index (χ0n) is 12.0. The smallest absolute Gasteiger partial charge is 0.326 e. The van der Waals surface area contributed by atoms with Crippen molar-refractivity contribution in [2.24, 2.45) is 7.05 Å². The van der Waals surface area contributed by atoms with E-state index in [0.29, 0.717) is 12.0 Å². The molecule has 1 atom stereocenters. The summed E-state index contributed by atoms with van der Waals surface area (Å²) in [6, 6.07) is 0.564. The maximum Gasteiger partial charge on any atom is 0.326 e. The van der Waals surface area contributed by atoms with Gasteiger partial charge in [-0.25, -0.2) is 4.79 Å². The molecule has 1 aromatic heterocycles. The minimum atomic E-state index is -1.05. The number of carboxylic acids is 1. The number of aliphatic carboxylic acids is 1. The average molecular weight is 280 g/mol. The van der Waals surface area contributed by atoms with Gasteiger partial charge in [0.1, 0.15) is 11.7 Å². The molecule has 110 valence electrons. The first-order chi connectivity index (χ1) is 9.36. The highest BCUT2D eigenvalue weighted by Crippen LogP contribution is 2.09. The van der Waals surface area contributed by atoms with E-state index >= 15 is 0 Å². The molecule has 1 aromatic rings. The van der Waals surface area contributed by atoms with Gasteiger partial charge < -0.3 is 15.0 Å². The highest BCUT2D eigenvalue weighted by molar-refractivity contribution is 6.00. The van der Waals surface area contributed by atoms with Gasteiger partial charge in [-0.3, -0.25) is 9.59 Å². The molecule has 0 saturated heterocycles. The van der Waals surface area contributed by atoms with Crippen molar-refractivity contribution in [3.8, 4) is 0 Å². The van der Waals surface area contributed by atoms with Crippen molar-refractivity contribution in [2.45, 2.75) is 39.2 Å². The van der Waals surface area contributed by atoms with Crippen molar-refractivity contribution in [1.82, 2.24) is 9.88 Å². The topological polar surface area (TPSA) is 88.4 Å². The molecule has 0 radical (unpaired) electrons. The Hall–Kier alpha value is -2.11. The number of hydrogen-bond acceptors (Lipinski definition) is 3. The van der Waals surface area contributed by atoms with E-state index in [2.05, 4.69) is 5.32 Å². The number of hydrogen-bond donors (Lipinski definition) is 2. The first-order valence-electron chi connectivity index (χ1n) is 6.57. The summed E-state index contributed by atoms with van der Waals surface area (Å²) in [5, 5.41) is 11.6. The molecular weight excluding hydrogens is 260 g/mol. The zero-order chi connectivity index (χ0) is 15.3. The summed E-state index contributed by atoms with van der Waals surface area (Å²) in [6.07, 6.45) is 3.53. The van der Waals surface area contributed by atoms with Gasteiger partial charge in [0.25, 0.3) is 5.91 Å². The number of amides is 1. The Morgan fingerprint density at radius 1 is 1.40 bits per heavy atom. The van der Waals surface area contributed by atoms with Gasteiger partial charge in [-0.2, -0.15) is 0 Å². The molecule has 0 unspecified atom stereocenters.